The highest BCUT2D eigenvalue weighted by Gasteiger charge is 2.18. The molecule has 0 amide bonds. The molecule has 138 valence electrons. The molecular weight excluding hydrogens is 348 g/mol. The van der Waals surface area contributed by atoms with Crippen molar-refractivity contribution in [1.82, 2.24) is 9.97 Å². The Morgan fingerprint density at radius 3 is 2.36 bits per heavy atom. The molecule has 0 unspecified atom stereocenters. The van der Waals surface area contributed by atoms with Gasteiger partial charge in [-0.3, -0.25) is 4.98 Å². The molecule has 4 nitrogen and oxygen atoms in total. The van der Waals surface area contributed by atoms with Crippen molar-refractivity contribution in [2.75, 3.05) is 6.61 Å². The summed E-state index contributed by atoms with van der Waals surface area (Å²) in [5, 5.41) is 0. The van der Waals surface area contributed by atoms with Crippen molar-refractivity contribution >= 4 is 5.97 Å². The summed E-state index contributed by atoms with van der Waals surface area (Å²) in [5.41, 5.74) is 6.43. The van der Waals surface area contributed by atoms with Gasteiger partial charge >= 0.3 is 5.97 Å². The summed E-state index contributed by atoms with van der Waals surface area (Å²) in [6.07, 6.45) is 3.56. The van der Waals surface area contributed by atoms with Crippen LogP contribution in [-0.4, -0.2) is 22.5 Å². The first-order chi connectivity index (χ1) is 13.8. The van der Waals surface area contributed by atoms with Crippen molar-refractivity contribution in [3.63, 3.8) is 0 Å². The van der Waals surface area contributed by atoms with Crippen LogP contribution in [0, 0.1) is 0 Å². The van der Waals surface area contributed by atoms with Gasteiger partial charge in [0.25, 0.3) is 0 Å². The van der Waals surface area contributed by atoms with Gasteiger partial charge in [0.2, 0.25) is 0 Å². The van der Waals surface area contributed by atoms with Crippen molar-refractivity contribution in [1.29, 1.82) is 0 Å². The standard InChI is InChI=1S/C24H20N2O2/c1-2-28-24(27)20-11-7-6-10-19(20)22-16-21(17-12-14-25-15-13-17)23(26-22)18-8-4-3-5-9-18/h3-16,26H,2H2,1H3. The second-order valence-electron chi connectivity index (χ2n) is 6.34. The Balaban J connectivity index is 1.89. The molecule has 0 saturated carbocycles. The highest BCUT2D eigenvalue weighted by atomic mass is 16.5. The van der Waals surface area contributed by atoms with Gasteiger partial charge in [0.1, 0.15) is 0 Å². The van der Waals surface area contributed by atoms with Crippen LogP contribution in [0.2, 0.25) is 0 Å². The number of aromatic amines is 1. The average molecular weight is 368 g/mol. The molecule has 4 heteroatoms. The van der Waals surface area contributed by atoms with Crippen LogP contribution in [0.15, 0.2) is 85.2 Å². The molecule has 4 rings (SSSR count). The summed E-state index contributed by atoms with van der Waals surface area (Å²) in [7, 11) is 0. The number of pyridine rings is 1. The van der Waals surface area contributed by atoms with Crippen LogP contribution < -0.4 is 0 Å². The van der Waals surface area contributed by atoms with Crippen molar-refractivity contribution in [3.05, 3.63) is 90.8 Å². The van der Waals surface area contributed by atoms with Crippen LogP contribution in [0.25, 0.3) is 33.6 Å². The number of ether oxygens (including phenoxy) is 1. The van der Waals surface area contributed by atoms with Crippen LogP contribution in [0.4, 0.5) is 0 Å². The number of nitrogens with zero attached hydrogens (tertiary/aromatic N) is 1. The number of hydrogen-bond acceptors (Lipinski definition) is 3. The van der Waals surface area contributed by atoms with Gasteiger partial charge in [0.05, 0.1) is 17.9 Å². The third-order valence-electron chi connectivity index (χ3n) is 4.58. The van der Waals surface area contributed by atoms with Gasteiger partial charge < -0.3 is 9.72 Å². The van der Waals surface area contributed by atoms with Crippen molar-refractivity contribution < 1.29 is 9.53 Å². The lowest BCUT2D eigenvalue weighted by Crippen LogP contribution is -2.06. The van der Waals surface area contributed by atoms with Gasteiger partial charge in [0.15, 0.2) is 0 Å². The first-order valence-electron chi connectivity index (χ1n) is 9.23. The lowest BCUT2D eigenvalue weighted by Gasteiger charge is -2.07. The van der Waals surface area contributed by atoms with Crippen LogP contribution in [0.5, 0.6) is 0 Å². The molecule has 0 bridgehead atoms. The van der Waals surface area contributed by atoms with E-state index in [4.69, 9.17) is 4.74 Å². The monoisotopic (exact) mass is 368 g/mol. The maximum Gasteiger partial charge on any atom is 0.338 e. The summed E-state index contributed by atoms with van der Waals surface area (Å²) in [4.78, 5) is 20.1. The number of esters is 1. The summed E-state index contributed by atoms with van der Waals surface area (Å²) in [5.74, 6) is -0.320. The molecular formula is C24H20N2O2. The normalized spacial score (nSPS) is 10.6. The van der Waals surface area contributed by atoms with Gasteiger partial charge in [0, 0.05) is 29.2 Å². The first-order valence-corrected chi connectivity index (χ1v) is 9.23. The Morgan fingerprint density at radius 2 is 1.61 bits per heavy atom. The Labute approximate surface area is 163 Å². The predicted octanol–water partition coefficient (Wildman–Crippen LogP) is 5.59. The van der Waals surface area contributed by atoms with Crippen LogP contribution in [-0.2, 0) is 4.74 Å². The van der Waals surface area contributed by atoms with E-state index in [-0.39, 0.29) is 5.97 Å². The van der Waals surface area contributed by atoms with Gasteiger partial charge in [-0.05, 0) is 42.3 Å². The average Bonchev–Trinajstić information content (AvgIpc) is 3.20. The maximum atomic E-state index is 12.4. The molecule has 0 atom stereocenters. The smallest absolute Gasteiger partial charge is 0.338 e. The number of carbonyl (C=O) groups excluding carboxylic acids is 1. The third-order valence-corrected chi connectivity index (χ3v) is 4.58. The molecule has 0 saturated heterocycles. The first kappa shape index (κ1) is 17.7. The fourth-order valence-electron chi connectivity index (χ4n) is 3.30. The minimum atomic E-state index is -0.320. The van der Waals surface area contributed by atoms with Gasteiger partial charge in [-0.15, -0.1) is 0 Å². The van der Waals surface area contributed by atoms with E-state index in [0.717, 1.165) is 33.6 Å². The number of H-pyrrole nitrogens is 1. The maximum absolute atomic E-state index is 12.4. The molecule has 1 N–H and O–H groups in total. The number of aromatic nitrogens is 2. The summed E-state index contributed by atoms with van der Waals surface area (Å²) in [6.45, 7) is 2.15. The molecule has 0 fully saturated rings. The molecule has 2 aromatic heterocycles. The van der Waals surface area contributed by atoms with Gasteiger partial charge in [-0.2, -0.15) is 0 Å². The van der Waals surface area contributed by atoms with E-state index in [2.05, 4.69) is 28.2 Å². The molecule has 0 aliphatic carbocycles. The van der Waals surface area contributed by atoms with Crippen LogP contribution >= 0.6 is 0 Å². The highest BCUT2D eigenvalue weighted by molar-refractivity contribution is 5.98. The predicted molar refractivity (Wildman–Crippen MR) is 111 cm³/mol. The Hall–Kier alpha value is -3.66. The molecule has 0 aliphatic rings. The zero-order valence-electron chi connectivity index (χ0n) is 15.6. The Bertz CT molecular complexity index is 1030. The quantitative estimate of drug-likeness (QED) is 0.467. The lowest BCUT2D eigenvalue weighted by molar-refractivity contribution is 0.0527. The van der Waals surface area contributed by atoms with E-state index >= 15 is 0 Å². The second kappa shape index (κ2) is 7.92. The summed E-state index contributed by atoms with van der Waals surface area (Å²) < 4.78 is 5.24. The van der Waals surface area contributed by atoms with E-state index in [1.54, 1.807) is 18.5 Å². The molecule has 4 aromatic rings. The van der Waals surface area contributed by atoms with E-state index in [9.17, 15) is 4.79 Å². The van der Waals surface area contributed by atoms with E-state index in [0.29, 0.717) is 12.2 Å². The molecule has 0 spiro atoms. The second-order valence-corrected chi connectivity index (χ2v) is 6.34. The molecule has 2 heterocycles. The van der Waals surface area contributed by atoms with Gasteiger partial charge in [-0.1, -0.05) is 48.5 Å². The molecule has 28 heavy (non-hydrogen) atoms. The highest BCUT2D eigenvalue weighted by Crippen LogP contribution is 2.36. The minimum Gasteiger partial charge on any atom is -0.462 e. The molecule has 0 radical (unpaired) electrons. The topological polar surface area (TPSA) is 55.0 Å². The largest absolute Gasteiger partial charge is 0.462 e. The van der Waals surface area contributed by atoms with Crippen LogP contribution in [0.3, 0.4) is 0 Å². The zero-order valence-corrected chi connectivity index (χ0v) is 15.6. The number of nitrogens with one attached hydrogen (secondary N) is 1. The fourth-order valence-corrected chi connectivity index (χ4v) is 3.30. The van der Waals surface area contributed by atoms with E-state index in [1.165, 1.54) is 0 Å². The van der Waals surface area contributed by atoms with Crippen molar-refractivity contribution in [2.45, 2.75) is 6.92 Å². The third kappa shape index (κ3) is 3.45. The van der Waals surface area contributed by atoms with Crippen molar-refractivity contribution in [3.8, 4) is 33.6 Å². The van der Waals surface area contributed by atoms with E-state index < -0.39 is 0 Å². The zero-order chi connectivity index (χ0) is 19.3. The van der Waals surface area contributed by atoms with Crippen molar-refractivity contribution in [2.24, 2.45) is 0 Å². The summed E-state index contributed by atoms with van der Waals surface area (Å²) in [6, 6.07) is 23.7. The molecule has 0 aliphatic heterocycles. The lowest BCUT2D eigenvalue weighted by atomic mass is 10.0. The number of benzene rings is 2. The van der Waals surface area contributed by atoms with E-state index in [1.807, 2.05) is 55.5 Å². The SMILES string of the molecule is CCOC(=O)c1ccccc1-c1cc(-c2ccncc2)c(-c2ccccc2)[nH]1. The number of rotatable bonds is 5. The fraction of sp³-hybridized carbons (Fsp3) is 0.0833. The molecule has 2 aromatic carbocycles. The Morgan fingerprint density at radius 1 is 0.893 bits per heavy atom. The van der Waals surface area contributed by atoms with Gasteiger partial charge in [-0.25, -0.2) is 4.79 Å². The number of carbonyl (C=O) groups is 1. The summed E-state index contributed by atoms with van der Waals surface area (Å²) >= 11 is 0. The van der Waals surface area contributed by atoms with Crippen LogP contribution in [0.1, 0.15) is 17.3 Å². The number of hydrogen-bond donors (Lipinski definition) is 1. The minimum absolute atomic E-state index is 0.320. The Kier molecular flexibility index (Phi) is 5.02.